The molecule has 1 fully saturated rings. The molecule has 0 spiro atoms. The van der Waals surface area contributed by atoms with Crippen molar-refractivity contribution >= 4 is 0 Å². The molecule has 1 N–H and O–H groups in total. The van der Waals surface area contributed by atoms with Crippen LogP contribution in [-0.4, -0.2) is 12.6 Å². The first kappa shape index (κ1) is 17.0. The molecule has 0 aromatic rings. The second kappa shape index (κ2) is 13.0. The van der Waals surface area contributed by atoms with Crippen LogP contribution in [0.25, 0.3) is 0 Å². The van der Waals surface area contributed by atoms with Crippen molar-refractivity contribution in [2.24, 2.45) is 0 Å². The molecule has 0 saturated carbocycles. The summed E-state index contributed by atoms with van der Waals surface area (Å²) in [6.45, 7) is 3.56. The maximum Gasteiger partial charge on any atom is 0.00670 e. The summed E-state index contributed by atoms with van der Waals surface area (Å²) in [6.07, 6.45) is 21.7. The van der Waals surface area contributed by atoms with E-state index >= 15 is 0 Å². The van der Waals surface area contributed by atoms with Crippen LogP contribution in [-0.2, 0) is 0 Å². The lowest BCUT2D eigenvalue weighted by atomic mass is 10.0. The minimum atomic E-state index is 0.832. The lowest BCUT2D eigenvalue weighted by molar-refractivity contribution is 0.425. The Morgan fingerprint density at radius 2 is 1.37 bits per heavy atom. The Kier molecular flexibility index (Phi) is 11.6. The van der Waals surface area contributed by atoms with Crippen molar-refractivity contribution in [3.63, 3.8) is 0 Å². The van der Waals surface area contributed by atoms with Crippen molar-refractivity contribution in [3.8, 4) is 0 Å². The highest BCUT2D eigenvalue weighted by Crippen LogP contribution is 2.16. The van der Waals surface area contributed by atoms with Crippen LogP contribution >= 0.6 is 0 Å². The zero-order valence-corrected chi connectivity index (χ0v) is 13.4. The van der Waals surface area contributed by atoms with E-state index in [9.17, 15) is 0 Å². The van der Waals surface area contributed by atoms with Gasteiger partial charge in [-0.05, 0) is 25.8 Å². The van der Waals surface area contributed by atoms with Gasteiger partial charge in [0.2, 0.25) is 0 Å². The Morgan fingerprint density at radius 1 is 0.737 bits per heavy atom. The van der Waals surface area contributed by atoms with Crippen LogP contribution in [0.15, 0.2) is 0 Å². The van der Waals surface area contributed by atoms with Crippen molar-refractivity contribution in [3.05, 3.63) is 0 Å². The Morgan fingerprint density at radius 3 is 2.16 bits per heavy atom. The zero-order chi connectivity index (χ0) is 13.6. The molecule has 1 nitrogen and oxygen atoms in total. The van der Waals surface area contributed by atoms with E-state index in [-0.39, 0.29) is 0 Å². The van der Waals surface area contributed by atoms with Crippen molar-refractivity contribution < 1.29 is 0 Å². The monoisotopic (exact) mass is 267 g/mol. The molecule has 1 unspecified atom stereocenters. The van der Waals surface area contributed by atoms with E-state index in [1.807, 2.05) is 0 Å². The average molecular weight is 268 g/mol. The summed E-state index contributed by atoms with van der Waals surface area (Å²) < 4.78 is 0. The first-order valence-electron chi connectivity index (χ1n) is 9.17. The van der Waals surface area contributed by atoms with Gasteiger partial charge in [0.15, 0.2) is 0 Å². The SMILES string of the molecule is CCCCCCCCCCC1CCCCCCCN1. The molecule has 1 atom stereocenters. The molecular weight excluding hydrogens is 230 g/mol. The molecule has 0 aromatic carbocycles. The normalized spacial score (nSPS) is 21.6. The van der Waals surface area contributed by atoms with E-state index in [0.717, 1.165) is 6.04 Å². The fourth-order valence-electron chi connectivity index (χ4n) is 3.23. The average Bonchev–Trinajstić information content (AvgIpc) is 2.55. The van der Waals surface area contributed by atoms with Gasteiger partial charge in [-0.15, -0.1) is 0 Å². The molecule has 1 heterocycles. The summed E-state index contributed by atoms with van der Waals surface area (Å²) in [5, 5.41) is 3.78. The lowest BCUT2D eigenvalue weighted by Gasteiger charge is -2.17. The maximum absolute atomic E-state index is 3.78. The zero-order valence-electron chi connectivity index (χ0n) is 13.4. The molecule has 1 rings (SSSR count). The molecule has 0 aliphatic carbocycles. The third-order valence-corrected chi connectivity index (χ3v) is 4.57. The predicted molar refractivity (Wildman–Crippen MR) is 86.7 cm³/mol. The largest absolute Gasteiger partial charge is 0.314 e. The molecule has 0 radical (unpaired) electrons. The van der Waals surface area contributed by atoms with Gasteiger partial charge in [-0.25, -0.2) is 0 Å². The highest BCUT2D eigenvalue weighted by Gasteiger charge is 2.09. The summed E-state index contributed by atoms with van der Waals surface area (Å²) >= 11 is 0. The smallest absolute Gasteiger partial charge is 0.00670 e. The van der Waals surface area contributed by atoms with Gasteiger partial charge in [-0.3, -0.25) is 0 Å². The third-order valence-electron chi connectivity index (χ3n) is 4.57. The van der Waals surface area contributed by atoms with Crippen LogP contribution in [0.2, 0.25) is 0 Å². The van der Waals surface area contributed by atoms with Gasteiger partial charge < -0.3 is 5.32 Å². The van der Waals surface area contributed by atoms with Gasteiger partial charge in [0, 0.05) is 6.04 Å². The highest BCUT2D eigenvalue weighted by atomic mass is 14.9. The Balaban J connectivity index is 1.91. The molecule has 0 aromatic heterocycles. The summed E-state index contributed by atoms with van der Waals surface area (Å²) in [6, 6.07) is 0.832. The molecule has 114 valence electrons. The number of hydrogen-bond donors (Lipinski definition) is 1. The lowest BCUT2D eigenvalue weighted by Crippen LogP contribution is -2.29. The standard InChI is InChI=1S/C18H37N/c1-2-3-4-5-6-7-9-12-15-18-16-13-10-8-11-14-17-19-18/h18-19H,2-17H2,1H3. The number of rotatable bonds is 9. The predicted octanol–water partition coefficient (Wildman–Crippen LogP) is 5.83. The second-order valence-corrected chi connectivity index (χ2v) is 6.47. The van der Waals surface area contributed by atoms with E-state index in [1.54, 1.807) is 0 Å². The third kappa shape index (κ3) is 10.4. The Labute approximate surface area is 121 Å². The van der Waals surface area contributed by atoms with E-state index in [2.05, 4.69) is 12.2 Å². The Hall–Kier alpha value is -0.0400. The molecule has 1 aliphatic heterocycles. The number of nitrogens with one attached hydrogen (secondary N) is 1. The van der Waals surface area contributed by atoms with Crippen molar-refractivity contribution in [1.82, 2.24) is 5.32 Å². The number of unbranched alkanes of at least 4 members (excludes halogenated alkanes) is 7. The summed E-state index contributed by atoms with van der Waals surface area (Å²) in [5.41, 5.74) is 0. The summed E-state index contributed by atoms with van der Waals surface area (Å²) in [5.74, 6) is 0. The van der Waals surface area contributed by atoms with Crippen molar-refractivity contribution in [2.45, 2.75) is 109 Å². The van der Waals surface area contributed by atoms with Crippen LogP contribution < -0.4 is 5.32 Å². The Bertz CT molecular complexity index is 169. The quantitative estimate of drug-likeness (QED) is 0.518. The van der Waals surface area contributed by atoms with Gasteiger partial charge >= 0.3 is 0 Å². The van der Waals surface area contributed by atoms with E-state index in [4.69, 9.17) is 0 Å². The van der Waals surface area contributed by atoms with Gasteiger partial charge in [0.1, 0.15) is 0 Å². The molecule has 1 saturated heterocycles. The van der Waals surface area contributed by atoms with Crippen molar-refractivity contribution in [1.29, 1.82) is 0 Å². The summed E-state index contributed by atoms with van der Waals surface area (Å²) in [4.78, 5) is 0. The van der Waals surface area contributed by atoms with Gasteiger partial charge in [0.25, 0.3) is 0 Å². The van der Waals surface area contributed by atoms with E-state index < -0.39 is 0 Å². The molecule has 0 bridgehead atoms. The van der Waals surface area contributed by atoms with Crippen LogP contribution in [0.1, 0.15) is 103 Å². The topological polar surface area (TPSA) is 12.0 Å². The fourth-order valence-corrected chi connectivity index (χ4v) is 3.23. The first-order chi connectivity index (χ1) is 9.43. The van der Waals surface area contributed by atoms with Gasteiger partial charge in [-0.1, -0.05) is 84.0 Å². The molecule has 1 heteroatoms. The summed E-state index contributed by atoms with van der Waals surface area (Å²) in [7, 11) is 0. The molecule has 0 amide bonds. The number of hydrogen-bond acceptors (Lipinski definition) is 1. The van der Waals surface area contributed by atoms with Crippen LogP contribution in [0.3, 0.4) is 0 Å². The second-order valence-electron chi connectivity index (χ2n) is 6.47. The van der Waals surface area contributed by atoms with Crippen molar-refractivity contribution in [2.75, 3.05) is 6.54 Å². The van der Waals surface area contributed by atoms with Crippen LogP contribution in [0.5, 0.6) is 0 Å². The molecular formula is C18H37N. The van der Waals surface area contributed by atoms with Gasteiger partial charge in [0.05, 0.1) is 0 Å². The van der Waals surface area contributed by atoms with E-state index in [1.165, 1.54) is 103 Å². The minimum absolute atomic E-state index is 0.832. The van der Waals surface area contributed by atoms with E-state index in [0.29, 0.717) is 0 Å². The highest BCUT2D eigenvalue weighted by molar-refractivity contribution is 4.69. The molecule has 19 heavy (non-hydrogen) atoms. The van der Waals surface area contributed by atoms with Crippen LogP contribution in [0.4, 0.5) is 0 Å². The minimum Gasteiger partial charge on any atom is -0.314 e. The first-order valence-corrected chi connectivity index (χ1v) is 9.17. The van der Waals surface area contributed by atoms with Gasteiger partial charge in [-0.2, -0.15) is 0 Å². The van der Waals surface area contributed by atoms with Crippen LogP contribution in [0, 0.1) is 0 Å². The molecule has 1 aliphatic rings. The fraction of sp³-hybridized carbons (Fsp3) is 1.00. The maximum atomic E-state index is 3.78.